The number of likely N-dealkylation sites (N-methyl/N-ethyl adjacent to an activating group) is 1. The number of benzene rings is 1. The number of sulfone groups is 1. The second-order valence-corrected chi connectivity index (χ2v) is 7.53. The molecule has 0 heterocycles. The number of hydrogen-bond donors (Lipinski definition) is 2. The summed E-state index contributed by atoms with van der Waals surface area (Å²) in [5.74, 6) is -4.95. The van der Waals surface area contributed by atoms with Crippen molar-refractivity contribution in [2.45, 2.75) is 41.9 Å². The molecule has 0 aliphatic heterocycles. The predicted octanol–water partition coefficient (Wildman–Crippen LogP) is 1.72. The van der Waals surface area contributed by atoms with Crippen LogP contribution < -0.4 is 10.1 Å². The molecule has 12 heteroatoms. The molecule has 2 unspecified atom stereocenters. The van der Waals surface area contributed by atoms with Gasteiger partial charge in [0.05, 0.1) is 4.90 Å². The van der Waals surface area contributed by atoms with Gasteiger partial charge in [-0.3, -0.25) is 4.79 Å². The van der Waals surface area contributed by atoms with Crippen molar-refractivity contribution in [1.29, 1.82) is 0 Å². The Balaban J connectivity index is 2.65. The monoisotopic (exact) mass is 403 g/mol. The fraction of sp³-hybridized carbons (Fsp3) is 0.500. The molecule has 2 rings (SSSR count). The van der Waals surface area contributed by atoms with Gasteiger partial charge >= 0.3 is 5.51 Å². The fourth-order valence-corrected chi connectivity index (χ4v) is 3.59. The van der Waals surface area contributed by atoms with Gasteiger partial charge in [0.25, 0.3) is 21.7 Å². The van der Waals surface area contributed by atoms with Crippen LogP contribution in [0, 0.1) is 0 Å². The van der Waals surface area contributed by atoms with Crippen LogP contribution in [0.5, 0.6) is 5.75 Å². The Morgan fingerprint density at radius 2 is 1.96 bits per heavy atom. The summed E-state index contributed by atoms with van der Waals surface area (Å²) in [5.41, 5.74) is -7.41. The van der Waals surface area contributed by atoms with Gasteiger partial charge in [0, 0.05) is 24.6 Å². The van der Waals surface area contributed by atoms with E-state index in [-0.39, 0.29) is 0 Å². The molecular formula is C14H14F5NO5S. The number of fused-ring (bicyclic) bond motifs is 1. The maximum atomic E-state index is 13.9. The number of nitrogens with one attached hydrogen (secondary N) is 1. The second kappa shape index (κ2) is 6.34. The first kappa shape index (κ1) is 20.4. The number of halogens is 5. The third kappa shape index (κ3) is 3.22. The zero-order valence-corrected chi connectivity index (χ0v) is 14.2. The Morgan fingerprint density at radius 3 is 2.46 bits per heavy atom. The van der Waals surface area contributed by atoms with Gasteiger partial charge in [-0.05, 0) is 19.1 Å². The highest BCUT2D eigenvalue weighted by molar-refractivity contribution is 7.92. The van der Waals surface area contributed by atoms with E-state index in [1.165, 1.54) is 14.0 Å². The quantitative estimate of drug-likeness (QED) is 0.747. The topological polar surface area (TPSA) is 92.7 Å². The Kier molecular flexibility index (Phi) is 4.96. The number of carbonyl (C=O) groups is 1. The molecule has 0 spiro atoms. The summed E-state index contributed by atoms with van der Waals surface area (Å²) < 4.78 is 94.8. The average molecular weight is 403 g/mol. The molecule has 0 saturated heterocycles. The van der Waals surface area contributed by atoms with Gasteiger partial charge in [0.2, 0.25) is 0 Å². The van der Waals surface area contributed by atoms with E-state index in [1.54, 1.807) is 0 Å². The van der Waals surface area contributed by atoms with Gasteiger partial charge in [-0.15, -0.1) is 0 Å². The summed E-state index contributed by atoms with van der Waals surface area (Å²) in [7, 11) is -4.70. The largest absolute Gasteiger partial charge is 0.501 e. The number of alkyl halides is 5. The van der Waals surface area contributed by atoms with Gasteiger partial charge in [0.15, 0.2) is 6.10 Å². The van der Waals surface area contributed by atoms with Crippen molar-refractivity contribution in [1.82, 2.24) is 5.32 Å². The highest BCUT2D eigenvalue weighted by Crippen LogP contribution is 2.50. The second-order valence-electron chi connectivity index (χ2n) is 5.62. The summed E-state index contributed by atoms with van der Waals surface area (Å²) >= 11 is 0. The molecule has 0 saturated carbocycles. The lowest BCUT2D eigenvalue weighted by atomic mass is 10.1. The minimum absolute atomic E-state index is 0.409. The number of amides is 1. The van der Waals surface area contributed by atoms with Gasteiger partial charge in [-0.25, -0.2) is 17.2 Å². The molecule has 6 nitrogen and oxygen atoms in total. The molecule has 1 aliphatic carbocycles. The van der Waals surface area contributed by atoms with E-state index in [2.05, 4.69) is 5.32 Å². The first-order valence-electron chi connectivity index (χ1n) is 7.15. The van der Waals surface area contributed by atoms with E-state index in [0.717, 1.165) is 6.07 Å². The van der Waals surface area contributed by atoms with Crippen molar-refractivity contribution < 1.29 is 45.0 Å². The number of rotatable bonds is 4. The third-order valence-corrected chi connectivity index (χ3v) is 5.42. The van der Waals surface area contributed by atoms with E-state index in [4.69, 9.17) is 4.74 Å². The van der Waals surface area contributed by atoms with E-state index in [1.807, 2.05) is 0 Å². The number of hydrogen-bond acceptors (Lipinski definition) is 5. The SMILES string of the molecule is CNC(=O)C(C)Oc1ccc(S(=O)(=O)C(F)(F)F)c2c1CC(F)(F)C2O. The Hall–Kier alpha value is -1.95. The number of aliphatic hydroxyl groups excluding tert-OH is 1. The smallest absolute Gasteiger partial charge is 0.481 e. The van der Waals surface area contributed by atoms with Crippen molar-refractivity contribution in [3.8, 4) is 5.75 Å². The standard InChI is InChI=1S/C14H14F5NO5S/c1-6(12(22)20-2)25-8-3-4-9(26(23,24)14(17,18)19)10-7(8)5-13(15,16)11(10)21/h3-4,6,11,21H,5H2,1-2H3,(H,20,22). The van der Waals surface area contributed by atoms with E-state index >= 15 is 0 Å². The molecular weight excluding hydrogens is 389 g/mol. The lowest BCUT2D eigenvalue weighted by Crippen LogP contribution is -2.34. The zero-order valence-electron chi connectivity index (χ0n) is 13.4. The predicted molar refractivity (Wildman–Crippen MR) is 77.5 cm³/mol. The van der Waals surface area contributed by atoms with Crippen LogP contribution >= 0.6 is 0 Å². The molecule has 146 valence electrons. The molecule has 0 bridgehead atoms. The minimum atomic E-state index is -5.98. The third-order valence-electron chi connectivity index (χ3n) is 3.87. The van der Waals surface area contributed by atoms with E-state index in [0.29, 0.717) is 6.07 Å². The lowest BCUT2D eigenvalue weighted by molar-refractivity contribution is -0.126. The highest BCUT2D eigenvalue weighted by atomic mass is 32.2. The van der Waals surface area contributed by atoms with Crippen LogP contribution in [0.1, 0.15) is 24.2 Å². The van der Waals surface area contributed by atoms with Crippen molar-refractivity contribution in [2.24, 2.45) is 0 Å². The fourth-order valence-electron chi connectivity index (χ4n) is 2.57. The first-order valence-corrected chi connectivity index (χ1v) is 8.63. The van der Waals surface area contributed by atoms with Crippen LogP contribution in [-0.2, 0) is 21.1 Å². The zero-order chi connectivity index (χ0) is 20.1. The highest BCUT2D eigenvalue weighted by Gasteiger charge is 2.55. The summed E-state index contributed by atoms with van der Waals surface area (Å²) in [6.07, 6.45) is -5.19. The Morgan fingerprint density at radius 1 is 1.38 bits per heavy atom. The maximum Gasteiger partial charge on any atom is 0.501 e. The minimum Gasteiger partial charge on any atom is -0.481 e. The van der Waals surface area contributed by atoms with Crippen LogP contribution in [0.3, 0.4) is 0 Å². The molecule has 1 aromatic rings. The molecule has 1 aromatic carbocycles. The van der Waals surface area contributed by atoms with Gasteiger partial charge in [0.1, 0.15) is 11.9 Å². The van der Waals surface area contributed by atoms with E-state index in [9.17, 15) is 40.3 Å². The maximum absolute atomic E-state index is 13.9. The normalized spacial score (nSPS) is 20.4. The number of aliphatic hydroxyl groups is 1. The van der Waals surface area contributed by atoms with Gasteiger partial charge in [-0.2, -0.15) is 13.2 Å². The molecule has 0 fully saturated rings. The van der Waals surface area contributed by atoms with Crippen molar-refractivity contribution in [3.05, 3.63) is 23.3 Å². The van der Waals surface area contributed by atoms with E-state index < -0.39 is 67.6 Å². The molecule has 1 amide bonds. The van der Waals surface area contributed by atoms with Crippen LogP contribution in [-0.4, -0.2) is 44.0 Å². The number of ether oxygens (including phenoxy) is 1. The molecule has 2 atom stereocenters. The molecule has 0 radical (unpaired) electrons. The Bertz CT molecular complexity index is 837. The molecule has 2 N–H and O–H groups in total. The Labute approximate surface area is 144 Å². The number of carbonyl (C=O) groups excluding carboxylic acids is 1. The summed E-state index contributed by atoms with van der Waals surface area (Å²) in [6.45, 7) is 1.26. The van der Waals surface area contributed by atoms with Crippen LogP contribution in [0.4, 0.5) is 22.0 Å². The van der Waals surface area contributed by atoms with Crippen LogP contribution in [0.2, 0.25) is 0 Å². The summed E-state index contributed by atoms with van der Waals surface area (Å²) in [5, 5.41) is 11.9. The van der Waals surface area contributed by atoms with Gasteiger partial charge < -0.3 is 15.2 Å². The van der Waals surface area contributed by atoms with Gasteiger partial charge in [-0.1, -0.05) is 0 Å². The summed E-state index contributed by atoms with van der Waals surface area (Å²) in [4.78, 5) is 10.0. The molecule has 0 aromatic heterocycles. The molecule has 1 aliphatic rings. The average Bonchev–Trinajstić information content (AvgIpc) is 2.76. The lowest BCUT2D eigenvalue weighted by Gasteiger charge is -2.19. The van der Waals surface area contributed by atoms with Crippen molar-refractivity contribution >= 4 is 15.7 Å². The molecule has 26 heavy (non-hydrogen) atoms. The van der Waals surface area contributed by atoms with Crippen LogP contribution in [0.25, 0.3) is 0 Å². The van der Waals surface area contributed by atoms with Crippen molar-refractivity contribution in [2.75, 3.05) is 7.05 Å². The summed E-state index contributed by atoms with van der Waals surface area (Å²) in [6, 6.07) is 1.18. The van der Waals surface area contributed by atoms with Crippen molar-refractivity contribution in [3.63, 3.8) is 0 Å². The van der Waals surface area contributed by atoms with Crippen LogP contribution in [0.15, 0.2) is 17.0 Å². The first-order chi connectivity index (χ1) is 11.7.